The topological polar surface area (TPSA) is 61.4 Å². The monoisotopic (exact) mass is 371 g/mol. The number of alkyl halides is 3. The molecule has 144 valence electrons. The lowest BCUT2D eigenvalue weighted by Crippen LogP contribution is -2.50. The average molecular weight is 371 g/mol. The van der Waals surface area contributed by atoms with E-state index >= 15 is 0 Å². The van der Waals surface area contributed by atoms with Crippen molar-refractivity contribution in [1.82, 2.24) is 15.5 Å². The van der Waals surface area contributed by atoms with Crippen LogP contribution >= 0.6 is 0 Å². The summed E-state index contributed by atoms with van der Waals surface area (Å²) in [5.74, 6) is -0.497. The molecule has 1 aromatic rings. The number of piperidine rings is 1. The molecule has 1 saturated heterocycles. The van der Waals surface area contributed by atoms with Gasteiger partial charge in [0.05, 0.1) is 11.5 Å². The number of carbonyl (C=O) groups excluding carboxylic acids is 2. The highest BCUT2D eigenvalue weighted by atomic mass is 19.4. The maximum absolute atomic E-state index is 12.6. The van der Waals surface area contributed by atoms with Gasteiger partial charge in [-0.25, -0.2) is 4.79 Å². The lowest BCUT2D eigenvalue weighted by Gasteiger charge is -2.32. The first kappa shape index (κ1) is 20.1. The van der Waals surface area contributed by atoms with Crippen LogP contribution in [0.1, 0.15) is 37.8 Å². The second kappa shape index (κ2) is 8.42. The number of amides is 3. The van der Waals surface area contributed by atoms with Crippen molar-refractivity contribution in [3.63, 3.8) is 0 Å². The normalized spacial score (nSPS) is 17.9. The zero-order valence-electron chi connectivity index (χ0n) is 14.9. The summed E-state index contributed by atoms with van der Waals surface area (Å²) in [5.41, 5.74) is -0.122. The standard InChI is InChI=1S/C18H24F3N3O2/c1-12(2)23-17(26)24-9-3-4-14(11-24)16(25)22-10-13-5-7-15(8-6-13)18(19,20)21/h5-8,12,14H,3-4,9-11H2,1-2H3,(H,22,25)(H,23,26)/t14-/m0/s1. The van der Waals surface area contributed by atoms with E-state index in [1.165, 1.54) is 12.1 Å². The molecule has 5 nitrogen and oxygen atoms in total. The van der Waals surface area contributed by atoms with Gasteiger partial charge in [-0.05, 0) is 44.4 Å². The van der Waals surface area contributed by atoms with Crippen LogP contribution < -0.4 is 10.6 Å². The highest BCUT2D eigenvalue weighted by molar-refractivity contribution is 5.80. The molecule has 8 heteroatoms. The Morgan fingerprint density at radius 1 is 1.23 bits per heavy atom. The van der Waals surface area contributed by atoms with Gasteiger partial charge in [-0.3, -0.25) is 4.79 Å². The third kappa shape index (κ3) is 5.64. The van der Waals surface area contributed by atoms with Crippen LogP contribution in [0, 0.1) is 5.92 Å². The maximum atomic E-state index is 12.6. The van der Waals surface area contributed by atoms with Gasteiger partial charge >= 0.3 is 12.2 Å². The summed E-state index contributed by atoms with van der Waals surface area (Å²) in [5, 5.41) is 5.56. The fourth-order valence-corrected chi connectivity index (χ4v) is 2.86. The number of benzene rings is 1. The predicted octanol–water partition coefficient (Wildman–Crippen LogP) is 3.15. The van der Waals surface area contributed by atoms with Gasteiger partial charge in [0.2, 0.25) is 5.91 Å². The summed E-state index contributed by atoms with van der Waals surface area (Å²) < 4.78 is 37.7. The lowest BCUT2D eigenvalue weighted by atomic mass is 9.97. The molecule has 0 spiro atoms. The van der Waals surface area contributed by atoms with Gasteiger partial charge in [0.25, 0.3) is 0 Å². The van der Waals surface area contributed by atoms with Crippen molar-refractivity contribution in [3.05, 3.63) is 35.4 Å². The van der Waals surface area contributed by atoms with E-state index in [4.69, 9.17) is 0 Å². The summed E-state index contributed by atoms with van der Waals surface area (Å²) in [6, 6.07) is 4.55. The highest BCUT2D eigenvalue weighted by Gasteiger charge is 2.30. The van der Waals surface area contributed by atoms with Crippen LogP contribution in [0.3, 0.4) is 0 Å². The van der Waals surface area contributed by atoms with E-state index in [0.717, 1.165) is 18.6 Å². The number of nitrogens with one attached hydrogen (secondary N) is 2. The summed E-state index contributed by atoms with van der Waals surface area (Å²) >= 11 is 0. The molecule has 3 amide bonds. The second-order valence-electron chi connectivity index (χ2n) is 6.80. The molecule has 0 unspecified atom stereocenters. The zero-order chi connectivity index (χ0) is 19.3. The van der Waals surface area contributed by atoms with E-state index in [1.807, 2.05) is 13.8 Å². The minimum atomic E-state index is -4.37. The Morgan fingerprint density at radius 3 is 2.46 bits per heavy atom. The Morgan fingerprint density at radius 2 is 1.88 bits per heavy atom. The molecule has 26 heavy (non-hydrogen) atoms. The molecular formula is C18H24F3N3O2. The number of urea groups is 1. The quantitative estimate of drug-likeness (QED) is 0.854. The van der Waals surface area contributed by atoms with E-state index < -0.39 is 11.7 Å². The first-order valence-corrected chi connectivity index (χ1v) is 8.66. The molecule has 1 atom stereocenters. The molecule has 0 aliphatic carbocycles. The maximum Gasteiger partial charge on any atom is 0.416 e. The number of likely N-dealkylation sites (tertiary alicyclic amines) is 1. The summed E-state index contributed by atoms with van der Waals surface area (Å²) in [6.07, 6.45) is -2.95. The first-order valence-electron chi connectivity index (χ1n) is 8.66. The Bertz CT molecular complexity index is 630. The Hall–Kier alpha value is -2.25. The zero-order valence-corrected chi connectivity index (χ0v) is 14.9. The van der Waals surface area contributed by atoms with E-state index in [9.17, 15) is 22.8 Å². The molecule has 2 N–H and O–H groups in total. The van der Waals surface area contributed by atoms with Crippen LogP contribution in [0.15, 0.2) is 24.3 Å². The van der Waals surface area contributed by atoms with Crippen molar-refractivity contribution in [2.75, 3.05) is 13.1 Å². The van der Waals surface area contributed by atoms with Crippen LogP contribution in [-0.2, 0) is 17.5 Å². The van der Waals surface area contributed by atoms with Gasteiger partial charge in [-0.1, -0.05) is 12.1 Å². The smallest absolute Gasteiger partial charge is 0.352 e. The SMILES string of the molecule is CC(C)NC(=O)N1CCC[C@H](C(=O)NCc2ccc(C(F)(F)F)cc2)C1. The largest absolute Gasteiger partial charge is 0.416 e. The fourth-order valence-electron chi connectivity index (χ4n) is 2.86. The number of carbonyl (C=O) groups is 2. The third-order valence-electron chi connectivity index (χ3n) is 4.24. The Labute approximate surface area is 150 Å². The molecule has 0 aromatic heterocycles. The van der Waals surface area contributed by atoms with Gasteiger partial charge in [0.1, 0.15) is 0 Å². The van der Waals surface area contributed by atoms with E-state index in [0.29, 0.717) is 25.1 Å². The predicted molar refractivity (Wildman–Crippen MR) is 91.3 cm³/mol. The summed E-state index contributed by atoms with van der Waals surface area (Å²) in [4.78, 5) is 26.0. The van der Waals surface area contributed by atoms with Gasteiger partial charge in [0.15, 0.2) is 0 Å². The highest BCUT2D eigenvalue weighted by Crippen LogP contribution is 2.29. The average Bonchev–Trinajstić information content (AvgIpc) is 2.58. The van der Waals surface area contributed by atoms with E-state index in [1.54, 1.807) is 4.90 Å². The fraction of sp³-hybridized carbons (Fsp3) is 0.556. The van der Waals surface area contributed by atoms with Crippen molar-refractivity contribution < 1.29 is 22.8 Å². The van der Waals surface area contributed by atoms with Crippen molar-refractivity contribution in [3.8, 4) is 0 Å². The molecule has 0 saturated carbocycles. The minimum Gasteiger partial charge on any atom is -0.352 e. The molecule has 1 aromatic carbocycles. The molecule has 2 rings (SSSR count). The second-order valence-corrected chi connectivity index (χ2v) is 6.80. The molecule has 1 aliphatic heterocycles. The number of halogens is 3. The number of rotatable bonds is 4. The molecule has 1 heterocycles. The van der Waals surface area contributed by atoms with Gasteiger partial charge < -0.3 is 15.5 Å². The molecule has 1 fully saturated rings. The number of hydrogen-bond donors (Lipinski definition) is 2. The summed E-state index contributed by atoms with van der Waals surface area (Å²) in [6.45, 7) is 4.86. The molecule has 1 aliphatic rings. The van der Waals surface area contributed by atoms with Gasteiger partial charge in [-0.2, -0.15) is 13.2 Å². The van der Waals surface area contributed by atoms with Crippen molar-refractivity contribution in [2.24, 2.45) is 5.92 Å². The van der Waals surface area contributed by atoms with Crippen molar-refractivity contribution >= 4 is 11.9 Å². The van der Waals surface area contributed by atoms with Crippen LogP contribution in [-0.4, -0.2) is 36.0 Å². The van der Waals surface area contributed by atoms with Crippen LogP contribution in [0.4, 0.5) is 18.0 Å². The van der Waals surface area contributed by atoms with Crippen molar-refractivity contribution in [1.29, 1.82) is 0 Å². The van der Waals surface area contributed by atoms with E-state index in [-0.39, 0.29) is 30.4 Å². The van der Waals surface area contributed by atoms with Crippen LogP contribution in [0.2, 0.25) is 0 Å². The van der Waals surface area contributed by atoms with Gasteiger partial charge in [-0.15, -0.1) is 0 Å². The van der Waals surface area contributed by atoms with E-state index in [2.05, 4.69) is 10.6 Å². The number of nitrogens with zero attached hydrogens (tertiary/aromatic N) is 1. The first-order chi connectivity index (χ1) is 12.2. The van der Waals surface area contributed by atoms with Gasteiger partial charge in [0, 0.05) is 25.7 Å². The van der Waals surface area contributed by atoms with Crippen LogP contribution in [0.5, 0.6) is 0 Å². The molecule has 0 bridgehead atoms. The summed E-state index contributed by atoms with van der Waals surface area (Å²) in [7, 11) is 0. The lowest BCUT2D eigenvalue weighted by molar-refractivity contribution is -0.137. The third-order valence-corrected chi connectivity index (χ3v) is 4.24. The Balaban J connectivity index is 1.86. The minimum absolute atomic E-state index is 0.0244. The van der Waals surface area contributed by atoms with Crippen LogP contribution in [0.25, 0.3) is 0 Å². The number of hydrogen-bond acceptors (Lipinski definition) is 2. The molecule has 0 radical (unpaired) electrons. The van der Waals surface area contributed by atoms with Crippen molar-refractivity contribution in [2.45, 2.75) is 45.5 Å². The Kier molecular flexibility index (Phi) is 6.50. The molecular weight excluding hydrogens is 347 g/mol.